The molecule has 5 nitrogen and oxygen atoms in total. The Morgan fingerprint density at radius 2 is 1.85 bits per heavy atom. The van der Waals surface area contributed by atoms with Gasteiger partial charge < -0.3 is 5.32 Å². The van der Waals surface area contributed by atoms with Crippen molar-refractivity contribution in [2.45, 2.75) is 11.6 Å². The minimum atomic E-state index is -3.62. The van der Waals surface area contributed by atoms with Crippen LogP contribution in [0.5, 0.6) is 0 Å². The minimum Gasteiger partial charge on any atom is -0.316 e. The van der Waals surface area contributed by atoms with Crippen LogP contribution in [0.15, 0.2) is 53.7 Å². The summed E-state index contributed by atoms with van der Waals surface area (Å²) in [6, 6.07) is 12.2. The van der Waals surface area contributed by atoms with Crippen LogP contribution in [0, 0.1) is 0 Å². The van der Waals surface area contributed by atoms with E-state index in [9.17, 15) is 8.42 Å². The Bertz CT molecular complexity index is 655. The summed E-state index contributed by atoms with van der Waals surface area (Å²) < 4.78 is 26.1. The van der Waals surface area contributed by atoms with Gasteiger partial charge in [-0.1, -0.05) is 24.3 Å². The first-order valence-electron chi connectivity index (χ1n) is 6.19. The molecule has 0 unspecified atom stereocenters. The molecule has 0 aliphatic rings. The zero-order chi connectivity index (χ0) is 14.6. The van der Waals surface area contributed by atoms with E-state index in [1.54, 1.807) is 36.5 Å². The number of hydrogen-bond donors (Lipinski definition) is 1. The minimum absolute atomic E-state index is 0.0451. The van der Waals surface area contributed by atoms with Crippen LogP contribution in [0.4, 0.5) is 5.69 Å². The topological polar surface area (TPSA) is 62.3 Å². The average Bonchev–Trinajstić information content (AvgIpc) is 2.48. The van der Waals surface area contributed by atoms with Gasteiger partial charge in [0.05, 0.1) is 5.69 Å². The summed E-state index contributed by atoms with van der Waals surface area (Å²) in [7, 11) is -0.273. The molecule has 0 aliphatic heterocycles. The van der Waals surface area contributed by atoms with Crippen LogP contribution < -0.4 is 9.62 Å². The summed E-state index contributed by atoms with van der Waals surface area (Å²) >= 11 is 0. The Balaban J connectivity index is 2.30. The van der Waals surface area contributed by atoms with E-state index >= 15 is 0 Å². The highest BCUT2D eigenvalue weighted by Crippen LogP contribution is 2.20. The Morgan fingerprint density at radius 1 is 1.15 bits per heavy atom. The summed E-state index contributed by atoms with van der Waals surface area (Å²) in [6.07, 6.45) is 1.57. The van der Waals surface area contributed by atoms with Gasteiger partial charge in [-0.15, -0.1) is 0 Å². The third-order valence-electron chi connectivity index (χ3n) is 2.92. The molecule has 2 aromatic rings. The van der Waals surface area contributed by atoms with Crippen LogP contribution >= 0.6 is 0 Å². The zero-order valence-electron chi connectivity index (χ0n) is 11.4. The fraction of sp³-hybridized carbons (Fsp3) is 0.214. The number of rotatable bonds is 5. The predicted molar refractivity (Wildman–Crippen MR) is 79.0 cm³/mol. The molecule has 0 saturated carbocycles. The number of sulfonamides is 1. The monoisotopic (exact) mass is 291 g/mol. The van der Waals surface area contributed by atoms with Crippen molar-refractivity contribution in [2.24, 2.45) is 0 Å². The fourth-order valence-corrected chi connectivity index (χ4v) is 2.89. The first kappa shape index (κ1) is 14.5. The molecule has 20 heavy (non-hydrogen) atoms. The summed E-state index contributed by atoms with van der Waals surface area (Å²) in [5.41, 5.74) is 1.54. The van der Waals surface area contributed by atoms with E-state index in [4.69, 9.17) is 0 Å². The molecule has 2 rings (SSSR count). The molecule has 1 aromatic carbocycles. The summed E-state index contributed by atoms with van der Waals surface area (Å²) in [6.45, 7) is 0.655. The Morgan fingerprint density at radius 3 is 2.40 bits per heavy atom. The van der Waals surface area contributed by atoms with Gasteiger partial charge in [-0.3, -0.25) is 4.31 Å². The van der Waals surface area contributed by atoms with Crippen molar-refractivity contribution in [1.82, 2.24) is 10.3 Å². The molecule has 0 amide bonds. The lowest BCUT2D eigenvalue weighted by atomic mass is 10.3. The van der Waals surface area contributed by atoms with E-state index in [0.717, 1.165) is 5.56 Å². The molecule has 0 aliphatic carbocycles. The van der Waals surface area contributed by atoms with Gasteiger partial charge in [-0.25, -0.2) is 4.98 Å². The first-order chi connectivity index (χ1) is 9.55. The third-order valence-corrected chi connectivity index (χ3v) is 4.63. The zero-order valence-corrected chi connectivity index (χ0v) is 12.3. The molecule has 0 bridgehead atoms. The van der Waals surface area contributed by atoms with Crippen LogP contribution in [0.2, 0.25) is 0 Å². The molecule has 1 aromatic heterocycles. The van der Waals surface area contributed by atoms with Crippen molar-refractivity contribution in [2.75, 3.05) is 18.4 Å². The largest absolute Gasteiger partial charge is 0.316 e. The molecular weight excluding hydrogens is 274 g/mol. The van der Waals surface area contributed by atoms with Crippen LogP contribution in [0.25, 0.3) is 0 Å². The molecular formula is C14H17N3O2S. The van der Waals surface area contributed by atoms with E-state index in [0.29, 0.717) is 12.2 Å². The number of nitrogens with zero attached hydrogens (tertiary/aromatic N) is 2. The molecule has 1 N–H and O–H groups in total. The number of benzene rings is 1. The third kappa shape index (κ3) is 2.97. The van der Waals surface area contributed by atoms with Gasteiger partial charge in [0.2, 0.25) is 0 Å². The van der Waals surface area contributed by atoms with Crippen LogP contribution in [-0.2, 0) is 16.6 Å². The standard InChI is InChI=1S/C14H17N3O2S/c1-15-10-12-8-9-14(16-11-12)20(18,19)17(2)13-6-4-3-5-7-13/h3-9,11,15H,10H2,1-2H3. The van der Waals surface area contributed by atoms with Gasteiger partial charge >= 0.3 is 0 Å². The maximum atomic E-state index is 12.4. The van der Waals surface area contributed by atoms with Crippen molar-refractivity contribution in [3.8, 4) is 0 Å². The lowest BCUT2D eigenvalue weighted by molar-refractivity contribution is 0.590. The molecule has 0 radical (unpaired) electrons. The molecule has 106 valence electrons. The number of hydrogen-bond acceptors (Lipinski definition) is 4. The van der Waals surface area contributed by atoms with Gasteiger partial charge in [0.25, 0.3) is 10.0 Å². The average molecular weight is 291 g/mol. The Hall–Kier alpha value is -1.92. The quantitative estimate of drug-likeness (QED) is 0.909. The number of pyridine rings is 1. The van der Waals surface area contributed by atoms with Gasteiger partial charge in [0.15, 0.2) is 5.03 Å². The maximum Gasteiger partial charge on any atom is 0.281 e. The predicted octanol–water partition coefficient (Wildman–Crippen LogP) is 1.63. The van der Waals surface area contributed by atoms with Crippen LogP contribution in [0.3, 0.4) is 0 Å². The Kier molecular flexibility index (Phi) is 4.36. The number of anilines is 1. The van der Waals surface area contributed by atoms with E-state index < -0.39 is 10.0 Å². The molecule has 0 spiro atoms. The van der Waals surface area contributed by atoms with Crippen LogP contribution in [-0.4, -0.2) is 27.5 Å². The summed E-state index contributed by atoms with van der Waals surface area (Å²) in [5, 5.41) is 3.04. The van der Waals surface area contributed by atoms with Crippen LogP contribution in [0.1, 0.15) is 5.56 Å². The highest BCUT2D eigenvalue weighted by Gasteiger charge is 2.22. The van der Waals surface area contributed by atoms with E-state index in [1.807, 2.05) is 13.1 Å². The highest BCUT2D eigenvalue weighted by atomic mass is 32.2. The van der Waals surface area contributed by atoms with E-state index in [2.05, 4.69) is 10.3 Å². The van der Waals surface area contributed by atoms with Crippen molar-refractivity contribution in [1.29, 1.82) is 0 Å². The van der Waals surface area contributed by atoms with Crippen molar-refractivity contribution in [3.63, 3.8) is 0 Å². The smallest absolute Gasteiger partial charge is 0.281 e. The lowest BCUT2D eigenvalue weighted by Gasteiger charge is -2.18. The second kappa shape index (κ2) is 6.02. The Labute approximate surface area is 119 Å². The fourth-order valence-electron chi connectivity index (χ4n) is 1.79. The van der Waals surface area contributed by atoms with E-state index in [1.165, 1.54) is 17.4 Å². The van der Waals surface area contributed by atoms with Crippen molar-refractivity contribution >= 4 is 15.7 Å². The number of aromatic nitrogens is 1. The van der Waals surface area contributed by atoms with E-state index in [-0.39, 0.29) is 5.03 Å². The first-order valence-corrected chi connectivity index (χ1v) is 7.63. The van der Waals surface area contributed by atoms with Crippen molar-refractivity contribution in [3.05, 3.63) is 54.2 Å². The second-order valence-corrected chi connectivity index (χ2v) is 6.26. The molecule has 1 heterocycles. The molecule has 0 atom stereocenters. The lowest BCUT2D eigenvalue weighted by Crippen LogP contribution is -2.27. The summed E-state index contributed by atoms with van der Waals surface area (Å²) in [5.74, 6) is 0. The van der Waals surface area contributed by atoms with Gasteiger partial charge in [-0.05, 0) is 30.8 Å². The van der Waals surface area contributed by atoms with Gasteiger partial charge in [0.1, 0.15) is 0 Å². The summed E-state index contributed by atoms with van der Waals surface area (Å²) in [4.78, 5) is 4.05. The second-order valence-electron chi connectivity index (χ2n) is 4.34. The maximum absolute atomic E-state index is 12.4. The van der Waals surface area contributed by atoms with Crippen molar-refractivity contribution < 1.29 is 8.42 Å². The number of nitrogens with one attached hydrogen (secondary N) is 1. The highest BCUT2D eigenvalue weighted by molar-refractivity contribution is 7.92. The van der Waals surface area contributed by atoms with Gasteiger partial charge in [-0.2, -0.15) is 8.42 Å². The molecule has 0 saturated heterocycles. The SMILES string of the molecule is CNCc1ccc(S(=O)(=O)N(C)c2ccccc2)nc1. The number of para-hydroxylation sites is 1. The molecule has 0 fully saturated rings. The van der Waals surface area contributed by atoms with Gasteiger partial charge in [0, 0.05) is 19.8 Å². The molecule has 6 heteroatoms. The normalized spacial score (nSPS) is 11.3.